The summed E-state index contributed by atoms with van der Waals surface area (Å²) >= 11 is 0. The molecule has 0 aromatic heterocycles. The summed E-state index contributed by atoms with van der Waals surface area (Å²) in [5, 5.41) is 20.6. The second-order valence-corrected chi connectivity index (χ2v) is 9.79. The predicted molar refractivity (Wildman–Crippen MR) is 102 cm³/mol. The molecule has 4 saturated carbocycles. The van der Waals surface area contributed by atoms with Gasteiger partial charge in [0.05, 0.1) is 11.9 Å². The van der Waals surface area contributed by atoms with Crippen LogP contribution in [0.5, 0.6) is 0 Å². The number of rotatable bonds is 3. The summed E-state index contributed by atoms with van der Waals surface area (Å²) in [4.78, 5) is 22.6. The van der Waals surface area contributed by atoms with Crippen LogP contribution in [-0.4, -0.2) is 27.8 Å². The first-order valence-corrected chi connectivity index (χ1v) is 10.9. The molecule has 152 valence electrons. The predicted octanol–water partition coefficient (Wildman–Crippen LogP) is 4.31. The van der Waals surface area contributed by atoms with Crippen molar-refractivity contribution in [3.05, 3.63) is 24.0 Å². The first-order valence-electron chi connectivity index (χ1n) is 10.9. The molecule has 4 fully saturated rings. The number of allylic oxidation sites excluding steroid dienone is 1. The molecule has 5 nitrogen and oxygen atoms in total. The topological polar surface area (TPSA) is 83.8 Å². The van der Waals surface area contributed by atoms with E-state index < -0.39 is 11.8 Å². The molecule has 5 heteroatoms. The molecule has 0 heterocycles. The number of ether oxygens (including phenoxy) is 1. The minimum Gasteiger partial charge on any atom is -0.449 e. The van der Waals surface area contributed by atoms with Gasteiger partial charge in [-0.1, -0.05) is 12.5 Å². The summed E-state index contributed by atoms with van der Waals surface area (Å²) in [6, 6.07) is 0. The third-order valence-electron chi connectivity index (χ3n) is 9.17. The van der Waals surface area contributed by atoms with Crippen LogP contribution in [0.15, 0.2) is 24.0 Å². The SMILES string of the molecule is CC[C@]12CC[C@H]3[C@@H](CCC4=CC(=O)CC[C@@H]43)[C@@H]1[C@H]1C[C@H]1[C@@]2(O)/C=C\OC(=O)O. The molecule has 2 N–H and O–H groups in total. The summed E-state index contributed by atoms with van der Waals surface area (Å²) in [5.74, 6) is 3.38. The Balaban J connectivity index is 1.47. The Bertz CT molecular complexity index is 769. The highest BCUT2D eigenvalue weighted by atomic mass is 16.7. The molecule has 5 aliphatic rings. The first-order chi connectivity index (χ1) is 13.4. The van der Waals surface area contributed by atoms with E-state index >= 15 is 0 Å². The molecule has 0 aliphatic heterocycles. The zero-order chi connectivity index (χ0) is 19.7. The molecule has 0 amide bonds. The van der Waals surface area contributed by atoms with Crippen molar-refractivity contribution in [3.8, 4) is 0 Å². The molecule has 28 heavy (non-hydrogen) atoms. The molecule has 0 bridgehead atoms. The molecule has 0 radical (unpaired) electrons. The van der Waals surface area contributed by atoms with Crippen molar-refractivity contribution in [2.75, 3.05) is 0 Å². The van der Waals surface area contributed by atoms with Crippen molar-refractivity contribution < 1.29 is 24.5 Å². The Morgan fingerprint density at radius 2 is 2.07 bits per heavy atom. The highest BCUT2D eigenvalue weighted by Gasteiger charge is 2.75. The maximum absolute atomic E-state index is 11.9. The zero-order valence-corrected chi connectivity index (χ0v) is 16.5. The van der Waals surface area contributed by atoms with Gasteiger partial charge in [-0.05, 0) is 92.6 Å². The number of fused-ring (bicyclic) bond motifs is 7. The van der Waals surface area contributed by atoms with Crippen LogP contribution in [0.3, 0.4) is 0 Å². The molecule has 0 aromatic rings. The van der Waals surface area contributed by atoms with Crippen LogP contribution in [0.25, 0.3) is 0 Å². The van der Waals surface area contributed by atoms with Crippen molar-refractivity contribution in [1.29, 1.82) is 0 Å². The smallest absolute Gasteiger partial charge is 0.449 e. The van der Waals surface area contributed by atoms with Gasteiger partial charge in [-0.2, -0.15) is 0 Å². The number of carbonyl (C=O) groups excluding carboxylic acids is 1. The van der Waals surface area contributed by atoms with Gasteiger partial charge < -0.3 is 14.9 Å². The van der Waals surface area contributed by atoms with Crippen LogP contribution in [0.1, 0.15) is 58.3 Å². The van der Waals surface area contributed by atoms with Crippen molar-refractivity contribution in [2.24, 2.45) is 40.9 Å². The van der Waals surface area contributed by atoms with E-state index in [0.717, 1.165) is 44.9 Å². The maximum atomic E-state index is 11.9. The van der Waals surface area contributed by atoms with E-state index in [0.29, 0.717) is 41.8 Å². The van der Waals surface area contributed by atoms with Gasteiger partial charge in [0, 0.05) is 11.8 Å². The number of carbonyl (C=O) groups is 2. The minimum atomic E-state index is -1.34. The summed E-state index contributed by atoms with van der Waals surface area (Å²) in [6.45, 7) is 2.18. The van der Waals surface area contributed by atoms with Crippen molar-refractivity contribution in [2.45, 2.75) is 63.9 Å². The lowest BCUT2D eigenvalue weighted by atomic mass is 9.48. The number of aliphatic hydroxyl groups is 1. The summed E-state index contributed by atoms with van der Waals surface area (Å²) in [6.07, 6.45) is 11.3. The van der Waals surface area contributed by atoms with E-state index in [1.807, 2.05) is 6.08 Å². The first kappa shape index (κ1) is 18.4. The molecule has 5 aliphatic carbocycles. The lowest BCUT2D eigenvalue weighted by Crippen LogP contribution is -2.55. The number of hydrogen-bond acceptors (Lipinski definition) is 4. The zero-order valence-electron chi connectivity index (χ0n) is 16.5. The fourth-order valence-corrected chi connectivity index (χ4v) is 8.19. The lowest BCUT2D eigenvalue weighted by molar-refractivity contribution is -0.128. The summed E-state index contributed by atoms with van der Waals surface area (Å²) in [7, 11) is 0. The van der Waals surface area contributed by atoms with E-state index in [1.165, 1.54) is 11.8 Å². The van der Waals surface area contributed by atoms with E-state index in [2.05, 4.69) is 11.7 Å². The maximum Gasteiger partial charge on any atom is 0.510 e. The van der Waals surface area contributed by atoms with Crippen LogP contribution in [0.4, 0.5) is 4.79 Å². The Labute approximate surface area is 165 Å². The van der Waals surface area contributed by atoms with Gasteiger partial charge in [-0.15, -0.1) is 0 Å². The Hall–Kier alpha value is -1.62. The fraction of sp³-hybridized carbons (Fsp3) is 0.739. The fourth-order valence-electron chi connectivity index (χ4n) is 8.19. The van der Waals surface area contributed by atoms with E-state index in [1.54, 1.807) is 6.08 Å². The third-order valence-corrected chi connectivity index (χ3v) is 9.17. The molecular formula is C23H30O5. The summed E-state index contributed by atoms with van der Waals surface area (Å²) < 4.78 is 4.63. The average Bonchev–Trinajstić information content (AvgIpc) is 3.43. The minimum absolute atomic E-state index is 0.175. The molecule has 5 rings (SSSR count). The van der Waals surface area contributed by atoms with Crippen LogP contribution in [0, 0.1) is 40.9 Å². The number of ketones is 1. The molecular weight excluding hydrogens is 356 g/mol. The average molecular weight is 386 g/mol. The lowest BCUT2D eigenvalue weighted by Gasteiger charge is -2.58. The number of carboxylic acid groups (broad SMARTS) is 1. The third kappa shape index (κ3) is 2.35. The second-order valence-electron chi connectivity index (χ2n) is 9.79. The highest BCUT2D eigenvalue weighted by molar-refractivity contribution is 5.91. The largest absolute Gasteiger partial charge is 0.510 e. The van der Waals surface area contributed by atoms with Crippen LogP contribution >= 0.6 is 0 Å². The van der Waals surface area contributed by atoms with Gasteiger partial charge in [0.25, 0.3) is 0 Å². The normalized spacial score (nSPS) is 48.9. The van der Waals surface area contributed by atoms with Crippen molar-refractivity contribution in [1.82, 2.24) is 0 Å². The monoisotopic (exact) mass is 386 g/mol. The highest BCUT2D eigenvalue weighted by Crippen LogP contribution is 2.77. The van der Waals surface area contributed by atoms with Crippen LogP contribution < -0.4 is 0 Å². The standard InChI is InChI=1S/C23H30O5/c1-2-22-8-7-16-15-6-4-14(24)11-13(15)3-5-17(16)20(22)18-12-19(18)23(22,27)9-10-28-21(25)26/h9-11,15-20,27H,2-8,12H2,1H3,(H,25,26)/b10-9-/t15-,16+,17+,18-,19+,20+,22-,23-/m0/s1. The van der Waals surface area contributed by atoms with Gasteiger partial charge >= 0.3 is 6.16 Å². The van der Waals surface area contributed by atoms with Crippen LogP contribution in [0.2, 0.25) is 0 Å². The van der Waals surface area contributed by atoms with E-state index in [9.17, 15) is 14.7 Å². The van der Waals surface area contributed by atoms with Gasteiger partial charge in [0.1, 0.15) is 0 Å². The molecule has 0 spiro atoms. The number of hydrogen-bond donors (Lipinski definition) is 2. The van der Waals surface area contributed by atoms with Gasteiger partial charge in [-0.25, -0.2) is 4.79 Å². The van der Waals surface area contributed by atoms with Gasteiger partial charge in [-0.3, -0.25) is 4.79 Å². The Morgan fingerprint density at radius 1 is 1.25 bits per heavy atom. The van der Waals surface area contributed by atoms with Crippen LogP contribution in [-0.2, 0) is 9.53 Å². The second kappa shape index (κ2) is 6.19. The molecule has 8 atom stereocenters. The summed E-state index contributed by atoms with van der Waals surface area (Å²) in [5.41, 5.74) is 0.249. The van der Waals surface area contributed by atoms with E-state index in [4.69, 9.17) is 5.11 Å². The van der Waals surface area contributed by atoms with Gasteiger partial charge in [0.15, 0.2) is 5.78 Å². The molecule has 0 unspecified atom stereocenters. The quantitative estimate of drug-likeness (QED) is 0.558. The Kier molecular flexibility index (Phi) is 4.07. The molecule has 0 aromatic carbocycles. The Morgan fingerprint density at radius 3 is 2.82 bits per heavy atom. The van der Waals surface area contributed by atoms with Crippen molar-refractivity contribution >= 4 is 11.9 Å². The van der Waals surface area contributed by atoms with Crippen molar-refractivity contribution in [3.63, 3.8) is 0 Å². The molecule has 0 saturated heterocycles. The van der Waals surface area contributed by atoms with Gasteiger partial charge in [0.2, 0.25) is 0 Å². The van der Waals surface area contributed by atoms with E-state index in [-0.39, 0.29) is 11.3 Å².